The number of likely N-dealkylation sites (tertiary alicyclic amines) is 1. The van der Waals surface area contributed by atoms with E-state index in [9.17, 15) is 4.79 Å². The molecule has 3 nitrogen and oxygen atoms in total. The van der Waals surface area contributed by atoms with E-state index >= 15 is 0 Å². The van der Waals surface area contributed by atoms with Crippen LogP contribution in [0.3, 0.4) is 0 Å². The summed E-state index contributed by atoms with van der Waals surface area (Å²) in [7, 11) is 0. The van der Waals surface area contributed by atoms with E-state index < -0.39 is 0 Å². The molecule has 0 aliphatic carbocycles. The number of halogens is 1. The maximum Gasteiger partial charge on any atom is 0.220 e. The van der Waals surface area contributed by atoms with Crippen LogP contribution in [0.5, 0.6) is 0 Å². The number of amides is 1. The molecule has 0 radical (unpaired) electrons. The largest absolute Gasteiger partial charge is 0.355 e. The highest BCUT2D eigenvalue weighted by atomic mass is 35.5. The Balaban J connectivity index is 1.75. The maximum absolute atomic E-state index is 12.1. The predicted molar refractivity (Wildman–Crippen MR) is 99.3 cm³/mol. The summed E-state index contributed by atoms with van der Waals surface area (Å²) in [5.74, 6) is 1.54. The summed E-state index contributed by atoms with van der Waals surface area (Å²) in [5.41, 5.74) is 0. The van der Waals surface area contributed by atoms with Gasteiger partial charge in [-0.2, -0.15) is 0 Å². The average molecular weight is 357 g/mol. The number of piperidine rings is 1. The van der Waals surface area contributed by atoms with Crippen molar-refractivity contribution in [3.8, 4) is 0 Å². The lowest BCUT2D eigenvalue weighted by Gasteiger charge is -2.38. The lowest BCUT2D eigenvalue weighted by molar-refractivity contribution is -0.121. The zero-order valence-corrected chi connectivity index (χ0v) is 16.1. The zero-order chi connectivity index (χ0) is 16.8. The fourth-order valence-electron chi connectivity index (χ4n) is 3.18. The van der Waals surface area contributed by atoms with E-state index in [0.717, 1.165) is 37.0 Å². The smallest absolute Gasteiger partial charge is 0.220 e. The van der Waals surface area contributed by atoms with E-state index in [1.165, 1.54) is 17.7 Å². The van der Waals surface area contributed by atoms with Crippen molar-refractivity contribution in [3.63, 3.8) is 0 Å². The first kappa shape index (κ1) is 18.8. The molecule has 2 heterocycles. The van der Waals surface area contributed by atoms with Crippen LogP contribution in [-0.4, -0.2) is 36.5 Å². The fraction of sp³-hybridized carbons (Fsp3) is 0.722. The van der Waals surface area contributed by atoms with Crippen LogP contribution < -0.4 is 5.32 Å². The molecule has 1 fully saturated rings. The van der Waals surface area contributed by atoms with Crippen LogP contribution in [0.25, 0.3) is 0 Å². The monoisotopic (exact) mass is 356 g/mol. The number of nitrogens with zero attached hydrogens (tertiary/aromatic N) is 1. The highest BCUT2D eigenvalue weighted by molar-refractivity contribution is 7.10. The van der Waals surface area contributed by atoms with Crippen LogP contribution in [0, 0.1) is 11.8 Å². The molecule has 0 bridgehead atoms. The number of thiophene rings is 1. The molecule has 1 unspecified atom stereocenters. The van der Waals surface area contributed by atoms with Crippen molar-refractivity contribution in [3.05, 3.63) is 21.3 Å². The molecular formula is C18H29ClN2OS. The van der Waals surface area contributed by atoms with Crippen LogP contribution in [0.1, 0.15) is 44.9 Å². The number of hydrogen-bond acceptors (Lipinski definition) is 3. The average Bonchev–Trinajstić information content (AvgIpc) is 2.92. The van der Waals surface area contributed by atoms with E-state index in [2.05, 4.69) is 31.0 Å². The zero-order valence-electron chi connectivity index (χ0n) is 14.5. The van der Waals surface area contributed by atoms with Crippen molar-refractivity contribution >= 4 is 28.8 Å². The number of carbonyl (C=O) groups excluding carboxylic acids is 1. The molecule has 2 rings (SSSR count). The lowest BCUT2D eigenvalue weighted by atomic mass is 9.94. The standard InChI is InChI=1S/C18H29ClN2OS/c1-13(2)17(21-8-6-14(3)7-9-21)11-20-18(22)5-4-16-10-15(19)12-23-16/h10,12-14,17H,4-9,11H2,1-3H3,(H,20,22). The van der Waals surface area contributed by atoms with E-state index in [0.29, 0.717) is 18.4 Å². The third-order valence-corrected chi connectivity index (χ3v) is 6.13. The van der Waals surface area contributed by atoms with Crippen LogP contribution in [0.15, 0.2) is 11.4 Å². The van der Waals surface area contributed by atoms with Gasteiger partial charge in [0.2, 0.25) is 5.91 Å². The SMILES string of the molecule is CC1CCN(C(CNC(=O)CCc2cc(Cl)cs2)C(C)C)CC1. The lowest BCUT2D eigenvalue weighted by Crippen LogP contribution is -2.49. The second-order valence-corrected chi connectivity index (χ2v) is 8.50. The van der Waals surface area contributed by atoms with Gasteiger partial charge in [-0.25, -0.2) is 0 Å². The van der Waals surface area contributed by atoms with E-state index in [4.69, 9.17) is 11.6 Å². The van der Waals surface area contributed by atoms with Gasteiger partial charge < -0.3 is 5.32 Å². The second kappa shape index (κ2) is 9.05. The summed E-state index contributed by atoms with van der Waals surface area (Å²) in [4.78, 5) is 15.9. The van der Waals surface area contributed by atoms with E-state index in [1.807, 2.05) is 11.4 Å². The minimum absolute atomic E-state index is 0.144. The third kappa shape index (κ3) is 6.09. The molecule has 1 aromatic heterocycles. The van der Waals surface area contributed by atoms with Crippen molar-refractivity contribution in [1.82, 2.24) is 10.2 Å². The first-order valence-electron chi connectivity index (χ1n) is 8.69. The Labute approximate surface area is 149 Å². The molecule has 1 aromatic rings. The molecule has 1 saturated heterocycles. The Hall–Kier alpha value is -0.580. The summed E-state index contributed by atoms with van der Waals surface area (Å²) in [6.45, 7) is 9.92. The quantitative estimate of drug-likeness (QED) is 0.793. The number of aryl methyl sites for hydroxylation is 1. The van der Waals surface area contributed by atoms with Crippen LogP contribution in [-0.2, 0) is 11.2 Å². The Kier molecular flexibility index (Phi) is 7.38. The van der Waals surface area contributed by atoms with Gasteiger partial charge in [0.05, 0.1) is 5.02 Å². The van der Waals surface area contributed by atoms with Gasteiger partial charge in [-0.1, -0.05) is 32.4 Å². The molecule has 1 aliphatic rings. The molecule has 0 saturated carbocycles. The molecule has 1 amide bonds. The van der Waals surface area contributed by atoms with Gasteiger partial charge in [-0.3, -0.25) is 9.69 Å². The van der Waals surface area contributed by atoms with E-state index in [1.54, 1.807) is 11.3 Å². The minimum Gasteiger partial charge on any atom is -0.355 e. The van der Waals surface area contributed by atoms with Crippen LogP contribution in [0.2, 0.25) is 5.02 Å². The van der Waals surface area contributed by atoms with E-state index in [-0.39, 0.29) is 5.91 Å². The van der Waals surface area contributed by atoms with Gasteiger partial charge in [0, 0.05) is 29.3 Å². The molecule has 1 aliphatic heterocycles. The first-order valence-corrected chi connectivity index (χ1v) is 9.95. The van der Waals surface area contributed by atoms with Crippen molar-refractivity contribution < 1.29 is 4.79 Å². The molecule has 0 spiro atoms. The summed E-state index contributed by atoms with van der Waals surface area (Å²) >= 11 is 7.54. The first-order chi connectivity index (χ1) is 11.0. The van der Waals surface area contributed by atoms with Gasteiger partial charge in [0.25, 0.3) is 0 Å². The summed E-state index contributed by atoms with van der Waals surface area (Å²) < 4.78 is 0. The van der Waals surface area contributed by atoms with Crippen molar-refractivity contribution in [2.45, 2.75) is 52.5 Å². The molecule has 5 heteroatoms. The number of rotatable bonds is 7. The van der Waals surface area contributed by atoms with Crippen molar-refractivity contribution in [2.75, 3.05) is 19.6 Å². The summed E-state index contributed by atoms with van der Waals surface area (Å²) in [6, 6.07) is 2.40. The van der Waals surface area contributed by atoms with Gasteiger partial charge in [0.15, 0.2) is 0 Å². The topological polar surface area (TPSA) is 32.3 Å². The van der Waals surface area contributed by atoms with Gasteiger partial charge in [0.1, 0.15) is 0 Å². The third-order valence-electron chi connectivity index (χ3n) is 4.79. The Bertz CT molecular complexity index is 495. The molecule has 23 heavy (non-hydrogen) atoms. The van der Waals surface area contributed by atoms with Crippen LogP contribution >= 0.6 is 22.9 Å². The Morgan fingerprint density at radius 3 is 2.70 bits per heavy atom. The maximum atomic E-state index is 12.1. The molecule has 130 valence electrons. The number of nitrogens with one attached hydrogen (secondary N) is 1. The fourth-order valence-corrected chi connectivity index (χ4v) is 4.25. The van der Waals surface area contributed by atoms with Gasteiger partial charge in [-0.15, -0.1) is 11.3 Å². The van der Waals surface area contributed by atoms with Gasteiger partial charge in [-0.05, 0) is 50.3 Å². The highest BCUT2D eigenvalue weighted by Gasteiger charge is 2.25. The number of carbonyl (C=O) groups is 1. The summed E-state index contributed by atoms with van der Waals surface area (Å²) in [5, 5.41) is 5.83. The van der Waals surface area contributed by atoms with Crippen molar-refractivity contribution in [1.29, 1.82) is 0 Å². The number of hydrogen-bond donors (Lipinski definition) is 1. The minimum atomic E-state index is 0.144. The Morgan fingerprint density at radius 2 is 2.13 bits per heavy atom. The molecule has 1 N–H and O–H groups in total. The normalized spacial score (nSPS) is 18.3. The van der Waals surface area contributed by atoms with Crippen LogP contribution in [0.4, 0.5) is 0 Å². The molecule has 1 atom stereocenters. The van der Waals surface area contributed by atoms with Crippen molar-refractivity contribution in [2.24, 2.45) is 11.8 Å². The predicted octanol–water partition coefficient (Wildman–Crippen LogP) is 4.21. The van der Waals surface area contributed by atoms with Gasteiger partial charge >= 0.3 is 0 Å². The molecular weight excluding hydrogens is 328 g/mol. The molecule has 0 aromatic carbocycles. The Morgan fingerprint density at radius 1 is 1.43 bits per heavy atom. The second-order valence-electron chi connectivity index (χ2n) is 7.07. The summed E-state index contributed by atoms with van der Waals surface area (Å²) in [6.07, 6.45) is 3.86. The highest BCUT2D eigenvalue weighted by Crippen LogP contribution is 2.22.